The molecule has 0 saturated carbocycles. The minimum absolute atomic E-state index is 0.126. The lowest BCUT2D eigenvalue weighted by molar-refractivity contribution is -0.121. The van der Waals surface area contributed by atoms with Crippen molar-refractivity contribution in [3.8, 4) is 5.75 Å². The van der Waals surface area contributed by atoms with Crippen molar-refractivity contribution in [2.75, 3.05) is 6.61 Å². The number of nitrogens with one attached hydrogen (secondary N) is 1. The van der Waals surface area contributed by atoms with E-state index in [2.05, 4.69) is 15.5 Å². The molecular weight excluding hydrogens is 387 g/mol. The third kappa shape index (κ3) is 3.82. The topological polar surface area (TPSA) is 68.5 Å². The van der Waals surface area contributed by atoms with E-state index >= 15 is 0 Å². The Morgan fingerprint density at radius 2 is 2.19 bits per heavy atom. The van der Waals surface area contributed by atoms with Gasteiger partial charge in [0.05, 0.1) is 28.6 Å². The summed E-state index contributed by atoms with van der Waals surface area (Å²) >= 11 is 12.1. The smallest absolute Gasteiger partial charge is 0.260 e. The molecule has 2 aromatic carbocycles. The van der Waals surface area contributed by atoms with Gasteiger partial charge in [0, 0.05) is 16.2 Å². The van der Waals surface area contributed by atoms with Gasteiger partial charge in [0.1, 0.15) is 18.9 Å². The molecule has 0 fully saturated rings. The number of amides is 1. The van der Waals surface area contributed by atoms with E-state index in [1.807, 2.05) is 30.3 Å². The molecule has 0 saturated heterocycles. The van der Waals surface area contributed by atoms with Gasteiger partial charge in [0.25, 0.3) is 5.91 Å². The molecule has 27 heavy (non-hydrogen) atoms. The summed E-state index contributed by atoms with van der Waals surface area (Å²) in [6.07, 6.45) is 5.05. The minimum atomic E-state index is -0.252. The van der Waals surface area contributed by atoms with Crippen molar-refractivity contribution in [2.45, 2.75) is 6.54 Å². The number of nitrogens with zero attached hydrogens (tertiary/aromatic N) is 3. The zero-order chi connectivity index (χ0) is 18.8. The molecule has 6 nitrogen and oxygen atoms in total. The van der Waals surface area contributed by atoms with E-state index in [-0.39, 0.29) is 12.5 Å². The van der Waals surface area contributed by atoms with E-state index in [4.69, 9.17) is 27.9 Å². The Balaban J connectivity index is 1.42. The van der Waals surface area contributed by atoms with Gasteiger partial charge in [-0.15, -0.1) is 0 Å². The highest BCUT2D eigenvalue weighted by atomic mass is 35.5. The Morgan fingerprint density at radius 3 is 3.07 bits per heavy atom. The molecule has 2 heterocycles. The molecular formula is C19H14Cl2N4O2. The van der Waals surface area contributed by atoms with Crippen LogP contribution < -0.4 is 10.2 Å². The van der Waals surface area contributed by atoms with Crippen molar-refractivity contribution in [3.05, 3.63) is 63.9 Å². The summed E-state index contributed by atoms with van der Waals surface area (Å²) in [6.45, 7) is 0.432. The monoisotopic (exact) mass is 400 g/mol. The molecule has 1 amide bonds. The predicted molar refractivity (Wildman–Crippen MR) is 106 cm³/mol. The van der Waals surface area contributed by atoms with Crippen LogP contribution in [0.1, 0.15) is 5.56 Å². The Morgan fingerprint density at radius 1 is 1.33 bits per heavy atom. The largest absolute Gasteiger partial charge is 0.487 e. The summed E-state index contributed by atoms with van der Waals surface area (Å²) in [5.41, 5.74) is 5.81. The van der Waals surface area contributed by atoms with Crippen LogP contribution in [-0.2, 0) is 11.3 Å². The van der Waals surface area contributed by atoms with Gasteiger partial charge >= 0.3 is 0 Å². The summed E-state index contributed by atoms with van der Waals surface area (Å²) < 4.78 is 7.40. The summed E-state index contributed by atoms with van der Waals surface area (Å²) in [4.78, 5) is 16.4. The minimum Gasteiger partial charge on any atom is -0.487 e. The number of halogens is 2. The lowest BCUT2D eigenvalue weighted by atomic mass is 10.1. The van der Waals surface area contributed by atoms with E-state index in [1.54, 1.807) is 29.2 Å². The number of rotatable bonds is 4. The summed E-state index contributed by atoms with van der Waals surface area (Å²) in [5, 5.41) is 4.99. The number of hydrogen-bond acceptors (Lipinski definition) is 4. The third-order valence-electron chi connectivity index (χ3n) is 4.02. The maximum Gasteiger partial charge on any atom is 0.260 e. The first-order chi connectivity index (χ1) is 13.1. The molecule has 0 radical (unpaired) electrons. The molecule has 1 aromatic heterocycles. The highest BCUT2D eigenvalue weighted by Gasteiger charge is 2.15. The van der Waals surface area contributed by atoms with Crippen molar-refractivity contribution >= 4 is 52.4 Å². The van der Waals surface area contributed by atoms with Crippen molar-refractivity contribution in [1.82, 2.24) is 15.0 Å². The molecule has 0 aliphatic carbocycles. The average molecular weight is 401 g/mol. The number of aromatic nitrogens is 2. The van der Waals surface area contributed by atoms with Crippen molar-refractivity contribution in [1.29, 1.82) is 0 Å². The number of ether oxygens (including phenoxy) is 1. The number of hydrogen-bond donors (Lipinski definition) is 1. The van der Waals surface area contributed by atoms with Gasteiger partial charge in [-0.25, -0.2) is 10.4 Å². The number of para-hydroxylation sites is 2. The molecule has 0 spiro atoms. The zero-order valence-electron chi connectivity index (χ0n) is 14.0. The average Bonchev–Trinajstić information content (AvgIpc) is 3.04. The maximum atomic E-state index is 12.1. The first-order valence-corrected chi connectivity index (χ1v) is 8.90. The Hall–Kier alpha value is -2.83. The van der Waals surface area contributed by atoms with Gasteiger partial charge in [-0.3, -0.25) is 4.79 Å². The predicted octanol–water partition coefficient (Wildman–Crippen LogP) is 3.92. The van der Waals surface area contributed by atoms with Gasteiger partial charge in [0.2, 0.25) is 0 Å². The Labute approximate surface area is 165 Å². The highest BCUT2D eigenvalue weighted by molar-refractivity contribution is 6.36. The molecule has 1 N–H and O–H groups in total. The van der Waals surface area contributed by atoms with Crippen molar-refractivity contribution in [2.24, 2.45) is 5.10 Å². The maximum absolute atomic E-state index is 12.1. The van der Waals surface area contributed by atoms with Gasteiger partial charge in [-0.1, -0.05) is 35.3 Å². The lowest BCUT2D eigenvalue weighted by Gasteiger charge is -2.17. The van der Waals surface area contributed by atoms with Gasteiger partial charge in [0.15, 0.2) is 0 Å². The standard InChI is InChI=1S/C19H14Cl2N4O2/c20-14-6-13-5-12(10-27-19(13)15(21)7-14)8-23-24-18(26)9-25-11-22-16-3-1-2-4-17(16)25/h1-8,11H,9-10H2,(H,24,26)/b23-8+. The molecule has 4 rings (SSSR count). The number of carbonyl (C=O) groups excluding carboxylic acids is 1. The molecule has 1 aliphatic heterocycles. The summed E-state index contributed by atoms with van der Waals surface area (Å²) in [7, 11) is 0. The second kappa shape index (κ2) is 7.42. The number of hydrazone groups is 1. The van der Waals surface area contributed by atoms with Crippen LogP contribution in [0.3, 0.4) is 0 Å². The SMILES string of the molecule is O=C(Cn1cnc2ccccc21)N/N=C/C1=Cc2cc(Cl)cc(Cl)c2OC1. The fourth-order valence-corrected chi connectivity index (χ4v) is 3.39. The van der Waals surface area contributed by atoms with Gasteiger partial charge in [-0.2, -0.15) is 5.10 Å². The molecule has 0 unspecified atom stereocenters. The summed E-state index contributed by atoms with van der Waals surface area (Å²) in [5.74, 6) is 0.340. The molecule has 0 atom stereocenters. The van der Waals surface area contributed by atoms with Crippen LogP contribution in [0.5, 0.6) is 5.75 Å². The van der Waals surface area contributed by atoms with Crippen LogP contribution in [0.2, 0.25) is 10.0 Å². The van der Waals surface area contributed by atoms with Crippen molar-refractivity contribution in [3.63, 3.8) is 0 Å². The Kier molecular flexibility index (Phi) is 4.83. The molecule has 3 aromatic rings. The first-order valence-electron chi connectivity index (χ1n) is 8.14. The molecule has 136 valence electrons. The lowest BCUT2D eigenvalue weighted by Crippen LogP contribution is -2.23. The van der Waals surface area contributed by atoms with Crippen LogP contribution in [0, 0.1) is 0 Å². The van der Waals surface area contributed by atoms with Gasteiger partial charge in [-0.05, 0) is 30.3 Å². The van der Waals surface area contributed by atoms with Crippen molar-refractivity contribution < 1.29 is 9.53 Å². The molecule has 1 aliphatic rings. The molecule has 0 bridgehead atoms. The van der Waals surface area contributed by atoms with E-state index in [9.17, 15) is 4.79 Å². The number of imidazole rings is 1. The van der Waals surface area contributed by atoms with Crippen LogP contribution in [0.15, 0.2) is 53.4 Å². The van der Waals surface area contributed by atoms with Crippen LogP contribution in [0.4, 0.5) is 0 Å². The van der Waals surface area contributed by atoms with Gasteiger partial charge < -0.3 is 9.30 Å². The first kappa shape index (κ1) is 17.6. The second-order valence-corrected chi connectivity index (χ2v) is 6.81. The Bertz CT molecular complexity index is 1090. The number of carbonyl (C=O) groups is 1. The second-order valence-electron chi connectivity index (χ2n) is 5.97. The quantitative estimate of drug-likeness (QED) is 0.532. The third-order valence-corrected chi connectivity index (χ3v) is 4.52. The summed E-state index contributed by atoms with van der Waals surface area (Å²) in [6, 6.07) is 11.0. The van der Waals surface area contributed by atoms with E-state index in [0.717, 1.165) is 22.2 Å². The fraction of sp³-hybridized carbons (Fsp3) is 0.105. The zero-order valence-corrected chi connectivity index (χ0v) is 15.5. The van der Waals surface area contributed by atoms with Crippen LogP contribution >= 0.6 is 23.2 Å². The van der Waals surface area contributed by atoms with E-state index in [0.29, 0.717) is 22.4 Å². The number of benzene rings is 2. The van der Waals surface area contributed by atoms with E-state index in [1.165, 1.54) is 0 Å². The normalized spacial score (nSPS) is 13.3. The highest BCUT2D eigenvalue weighted by Crippen LogP contribution is 2.36. The van der Waals surface area contributed by atoms with Crippen LogP contribution in [-0.4, -0.2) is 28.3 Å². The number of fused-ring (bicyclic) bond motifs is 2. The fourth-order valence-electron chi connectivity index (χ4n) is 2.82. The molecule has 8 heteroatoms. The van der Waals surface area contributed by atoms with Crippen LogP contribution in [0.25, 0.3) is 17.1 Å². The van der Waals surface area contributed by atoms with E-state index < -0.39 is 0 Å².